The van der Waals surface area contributed by atoms with Crippen molar-refractivity contribution in [2.24, 2.45) is 0 Å². The van der Waals surface area contributed by atoms with Crippen LogP contribution in [0.1, 0.15) is 25.5 Å². The van der Waals surface area contributed by atoms with Crippen LogP contribution in [0.2, 0.25) is 0 Å². The van der Waals surface area contributed by atoms with Crippen LogP contribution in [0.4, 0.5) is 0 Å². The standard InChI is InChI=1S/C11H13BrN2O/c1-2-3-8-14-9(6-7-13)10-4-5-11(12)15-10/h4-6,14H,2-3,8H2,1H3. The number of nitrogens with zero attached hydrogens (tertiary/aromatic N) is 1. The van der Waals surface area contributed by atoms with Gasteiger partial charge in [-0.15, -0.1) is 0 Å². The van der Waals surface area contributed by atoms with Crippen molar-refractivity contribution in [1.29, 1.82) is 5.26 Å². The van der Waals surface area contributed by atoms with Crippen LogP contribution >= 0.6 is 15.9 Å². The van der Waals surface area contributed by atoms with Crippen molar-refractivity contribution < 1.29 is 4.42 Å². The summed E-state index contributed by atoms with van der Waals surface area (Å²) >= 11 is 3.23. The van der Waals surface area contributed by atoms with Gasteiger partial charge in [0.2, 0.25) is 0 Å². The molecule has 0 unspecified atom stereocenters. The Morgan fingerprint density at radius 2 is 2.47 bits per heavy atom. The predicted octanol–water partition coefficient (Wildman–Crippen LogP) is 3.30. The Bertz CT molecular complexity index is 376. The van der Waals surface area contributed by atoms with Gasteiger partial charge >= 0.3 is 0 Å². The summed E-state index contributed by atoms with van der Waals surface area (Å²) < 4.78 is 6.03. The third-order valence-corrected chi connectivity index (χ3v) is 2.32. The van der Waals surface area contributed by atoms with Gasteiger partial charge in [0.25, 0.3) is 0 Å². The number of allylic oxidation sites excluding steroid dienone is 1. The molecule has 15 heavy (non-hydrogen) atoms. The number of rotatable bonds is 5. The molecular weight excluding hydrogens is 256 g/mol. The van der Waals surface area contributed by atoms with Crippen LogP contribution in [0.15, 0.2) is 27.3 Å². The first-order valence-corrected chi connectivity index (χ1v) is 5.66. The molecule has 0 fully saturated rings. The molecule has 3 nitrogen and oxygen atoms in total. The average Bonchev–Trinajstić information content (AvgIpc) is 2.64. The van der Waals surface area contributed by atoms with Crippen molar-refractivity contribution in [2.45, 2.75) is 19.8 Å². The maximum atomic E-state index is 8.64. The highest BCUT2D eigenvalue weighted by Crippen LogP contribution is 2.19. The van der Waals surface area contributed by atoms with E-state index < -0.39 is 0 Å². The van der Waals surface area contributed by atoms with Gasteiger partial charge in [0.05, 0.1) is 11.8 Å². The zero-order chi connectivity index (χ0) is 11.1. The molecule has 0 saturated heterocycles. The highest BCUT2D eigenvalue weighted by molar-refractivity contribution is 9.10. The average molecular weight is 269 g/mol. The Hall–Kier alpha value is -1.21. The van der Waals surface area contributed by atoms with Crippen molar-refractivity contribution in [1.82, 2.24) is 5.32 Å². The first-order chi connectivity index (χ1) is 7.27. The first kappa shape index (κ1) is 11.9. The first-order valence-electron chi connectivity index (χ1n) is 4.87. The molecule has 1 N–H and O–H groups in total. The minimum Gasteiger partial charge on any atom is -0.448 e. The molecule has 4 heteroatoms. The lowest BCUT2D eigenvalue weighted by atomic mass is 10.3. The van der Waals surface area contributed by atoms with Crippen LogP contribution in [0, 0.1) is 11.3 Å². The molecule has 0 saturated carbocycles. The van der Waals surface area contributed by atoms with Gasteiger partial charge in [0.15, 0.2) is 10.4 Å². The number of nitrogens with one attached hydrogen (secondary N) is 1. The van der Waals surface area contributed by atoms with Gasteiger partial charge < -0.3 is 9.73 Å². The maximum absolute atomic E-state index is 8.64. The number of unbranched alkanes of at least 4 members (excludes halogenated alkanes) is 1. The van der Waals surface area contributed by atoms with Crippen LogP contribution in [0.5, 0.6) is 0 Å². The van der Waals surface area contributed by atoms with Crippen LogP contribution in [-0.4, -0.2) is 6.54 Å². The predicted molar refractivity (Wildman–Crippen MR) is 62.9 cm³/mol. The topological polar surface area (TPSA) is 49.0 Å². The van der Waals surface area contributed by atoms with E-state index in [0.29, 0.717) is 10.4 Å². The molecule has 80 valence electrons. The molecule has 1 rings (SSSR count). The molecule has 0 aliphatic heterocycles. The number of hydrogen-bond donors (Lipinski definition) is 1. The second kappa shape index (κ2) is 6.31. The lowest BCUT2D eigenvalue weighted by molar-refractivity contribution is 0.522. The highest BCUT2D eigenvalue weighted by atomic mass is 79.9. The molecule has 1 aromatic rings. The summed E-state index contributed by atoms with van der Waals surface area (Å²) in [4.78, 5) is 0. The number of hydrogen-bond acceptors (Lipinski definition) is 3. The lowest BCUT2D eigenvalue weighted by Gasteiger charge is -2.06. The van der Waals surface area contributed by atoms with Gasteiger partial charge in [-0.1, -0.05) is 13.3 Å². The Labute approximate surface area is 97.9 Å². The van der Waals surface area contributed by atoms with Gasteiger partial charge in [-0.05, 0) is 34.5 Å². The molecule has 0 aromatic carbocycles. The molecule has 0 atom stereocenters. The summed E-state index contributed by atoms with van der Waals surface area (Å²) in [6.07, 6.45) is 3.65. The fourth-order valence-electron chi connectivity index (χ4n) is 1.13. The number of furan rings is 1. The molecule has 0 bridgehead atoms. The van der Waals surface area contributed by atoms with E-state index in [1.807, 2.05) is 18.2 Å². The normalized spacial score (nSPS) is 11.1. The number of halogens is 1. The van der Waals surface area contributed by atoms with Gasteiger partial charge in [0, 0.05) is 12.6 Å². The smallest absolute Gasteiger partial charge is 0.169 e. The molecule has 0 spiro atoms. The Morgan fingerprint density at radius 1 is 1.67 bits per heavy atom. The minimum absolute atomic E-state index is 0.665. The van der Waals surface area contributed by atoms with Crippen molar-refractivity contribution >= 4 is 21.6 Å². The highest BCUT2D eigenvalue weighted by Gasteiger charge is 2.05. The van der Waals surface area contributed by atoms with E-state index in [1.54, 1.807) is 0 Å². The van der Waals surface area contributed by atoms with Gasteiger partial charge in [-0.25, -0.2) is 0 Å². The van der Waals surface area contributed by atoms with E-state index in [0.717, 1.165) is 25.1 Å². The van der Waals surface area contributed by atoms with Crippen molar-refractivity contribution in [3.63, 3.8) is 0 Å². The van der Waals surface area contributed by atoms with E-state index in [-0.39, 0.29) is 0 Å². The van der Waals surface area contributed by atoms with E-state index in [1.165, 1.54) is 6.08 Å². The molecule has 1 heterocycles. The molecule has 0 amide bonds. The third kappa shape index (κ3) is 3.80. The summed E-state index contributed by atoms with van der Waals surface area (Å²) in [6, 6.07) is 5.64. The van der Waals surface area contributed by atoms with E-state index in [2.05, 4.69) is 28.2 Å². The summed E-state index contributed by atoms with van der Waals surface area (Å²) in [5.41, 5.74) is 0.733. The molecule has 1 aromatic heterocycles. The summed E-state index contributed by atoms with van der Waals surface area (Å²) in [6.45, 7) is 2.97. The largest absolute Gasteiger partial charge is 0.448 e. The van der Waals surface area contributed by atoms with E-state index in [4.69, 9.17) is 9.68 Å². The molecule has 0 aliphatic carbocycles. The Kier molecular flexibility index (Phi) is 4.99. The second-order valence-corrected chi connectivity index (χ2v) is 3.85. The van der Waals surface area contributed by atoms with E-state index in [9.17, 15) is 0 Å². The molecular formula is C11H13BrN2O. The van der Waals surface area contributed by atoms with Crippen LogP contribution in [-0.2, 0) is 0 Å². The number of nitriles is 1. The summed E-state index contributed by atoms with van der Waals surface area (Å²) in [5.74, 6) is 0.680. The van der Waals surface area contributed by atoms with Crippen LogP contribution < -0.4 is 5.32 Å². The summed E-state index contributed by atoms with van der Waals surface area (Å²) in [5, 5.41) is 11.8. The SMILES string of the molecule is CCCCNC(=CC#N)c1ccc(Br)o1. The third-order valence-electron chi connectivity index (χ3n) is 1.89. The summed E-state index contributed by atoms with van der Waals surface area (Å²) in [7, 11) is 0. The fraction of sp³-hybridized carbons (Fsp3) is 0.364. The lowest BCUT2D eigenvalue weighted by Crippen LogP contribution is -2.13. The van der Waals surface area contributed by atoms with Gasteiger partial charge in [-0.3, -0.25) is 0 Å². The van der Waals surface area contributed by atoms with E-state index >= 15 is 0 Å². The monoisotopic (exact) mass is 268 g/mol. The van der Waals surface area contributed by atoms with Crippen molar-refractivity contribution in [3.8, 4) is 6.07 Å². The maximum Gasteiger partial charge on any atom is 0.169 e. The van der Waals surface area contributed by atoms with Crippen LogP contribution in [0.25, 0.3) is 5.70 Å². The van der Waals surface area contributed by atoms with Gasteiger partial charge in [0.1, 0.15) is 0 Å². The van der Waals surface area contributed by atoms with Crippen molar-refractivity contribution in [3.05, 3.63) is 28.6 Å². The minimum atomic E-state index is 0.665. The Balaban J connectivity index is 2.68. The fourth-order valence-corrected chi connectivity index (χ4v) is 1.44. The van der Waals surface area contributed by atoms with Gasteiger partial charge in [-0.2, -0.15) is 5.26 Å². The zero-order valence-electron chi connectivity index (χ0n) is 8.59. The molecule has 0 aliphatic rings. The quantitative estimate of drug-likeness (QED) is 0.659. The zero-order valence-corrected chi connectivity index (χ0v) is 10.2. The van der Waals surface area contributed by atoms with Crippen molar-refractivity contribution in [2.75, 3.05) is 6.54 Å². The van der Waals surface area contributed by atoms with Crippen LogP contribution in [0.3, 0.4) is 0 Å². The molecule has 0 radical (unpaired) electrons. The Morgan fingerprint density at radius 3 is 3.00 bits per heavy atom. The second-order valence-electron chi connectivity index (χ2n) is 3.07.